The van der Waals surface area contributed by atoms with Gasteiger partial charge in [0, 0.05) is 18.0 Å². The molecule has 0 spiro atoms. The minimum absolute atomic E-state index is 0.0134. The zero-order chi connectivity index (χ0) is 22.5. The van der Waals surface area contributed by atoms with Gasteiger partial charge in [-0.2, -0.15) is 17.5 Å². The molecule has 170 valence electrons. The van der Waals surface area contributed by atoms with Gasteiger partial charge in [0.15, 0.2) is 6.61 Å². The molecule has 1 saturated heterocycles. The first-order valence-corrected chi connectivity index (χ1v) is 12.1. The third-order valence-electron chi connectivity index (χ3n) is 4.73. The van der Waals surface area contributed by atoms with Crippen molar-refractivity contribution in [2.24, 2.45) is 0 Å². The van der Waals surface area contributed by atoms with Gasteiger partial charge in [-0.1, -0.05) is 18.9 Å². The summed E-state index contributed by atoms with van der Waals surface area (Å²) in [4.78, 5) is 13.1. The maximum absolute atomic E-state index is 13.1. The highest BCUT2D eigenvalue weighted by Gasteiger charge is 2.30. The van der Waals surface area contributed by atoms with Crippen LogP contribution < -0.4 is 10.1 Å². The van der Waals surface area contributed by atoms with E-state index in [4.69, 9.17) is 4.74 Å². The van der Waals surface area contributed by atoms with Crippen molar-refractivity contribution in [1.29, 1.82) is 0 Å². The Labute approximate surface area is 183 Å². The lowest BCUT2D eigenvalue weighted by atomic mass is 10.2. The van der Waals surface area contributed by atoms with Crippen molar-refractivity contribution < 1.29 is 31.1 Å². The molecule has 1 N–H and O–H groups in total. The molecule has 0 aliphatic carbocycles. The predicted octanol–water partition coefficient (Wildman–Crippen LogP) is 4.44. The van der Waals surface area contributed by atoms with Crippen molar-refractivity contribution in [2.45, 2.75) is 43.2 Å². The maximum Gasteiger partial charge on any atom is 0.422 e. The van der Waals surface area contributed by atoms with Crippen LogP contribution in [0.1, 0.15) is 30.6 Å². The average Bonchev–Trinajstić information content (AvgIpc) is 3.04. The van der Waals surface area contributed by atoms with Crippen LogP contribution in [0.2, 0.25) is 0 Å². The number of halogens is 3. The Hall–Kier alpha value is -2.11. The molecule has 1 aromatic heterocycles. The quantitative estimate of drug-likeness (QED) is 0.641. The first kappa shape index (κ1) is 23.6. The van der Waals surface area contributed by atoms with Gasteiger partial charge in [-0.15, -0.1) is 11.3 Å². The van der Waals surface area contributed by atoms with Crippen molar-refractivity contribution in [3.05, 3.63) is 40.6 Å². The zero-order valence-electron chi connectivity index (χ0n) is 16.7. The normalized spacial score (nSPS) is 16.0. The Kier molecular flexibility index (Phi) is 7.60. The van der Waals surface area contributed by atoms with Gasteiger partial charge in [0.2, 0.25) is 15.9 Å². The van der Waals surface area contributed by atoms with Crippen LogP contribution in [0.3, 0.4) is 0 Å². The van der Waals surface area contributed by atoms with Crippen LogP contribution in [0.15, 0.2) is 40.6 Å². The number of hydrogen-bond donors (Lipinski definition) is 1. The highest BCUT2D eigenvalue weighted by Crippen LogP contribution is 2.31. The van der Waals surface area contributed by atoms with E-state index in [1.54, 1.807) is 17.5 Å². The van der Waals surface area contributed by atoms with Crippen molar-refractivity contribution in [3.63, 3.8) is 0 Å². The molecule has 1 aliphatic rings. The van der Waals surface area contributed by atoms with E-state index in [-0.39, 0.29) is 22.8 Å². The largest absolute Gasteiger partial charge is 0.482 e. The summed E-state index contributed by atoms with van der Waals surface area (Å²) < 4.78 is 70.2. The van der Waals surface area contributed by atoms with Gasteiger partial charge in [0.05, 0.1) is 17.0 Å². The number of carbonyl (C=O) groups excluding carboxylic acids is 1. The van der Waals surface area contributed by atoms with Gasteiger partial charge in [0.1, 0.15) is 5.75 Å². The molecule has 2 heterocycles. The molecule has 11 heteroatoms. The number of alkyl halides is 3. The summed E-state index contributed by atoms with van der Waals surface area (Å²) >= 11 is 1.36. The second-order valence-electron chi connectivity index (χ2n) is 7.18. The number of benzene rings is 1. The Bertz CT molecular complexity index is 984. The molecule has 0 unspecified atom stereocenters. The second kappa shape index (κ2) is 10.0. The summed E-state index contributed by atoms with van der Waals surface area (Å²) in [5.41, 5.74) is -0.110. The summed E-state index contributed by atoms with van der Waals surface area (Å²) in [6.45, 7) is -0.789. The van der Waals surface area contributed by atoms with E-state index in [9.17, 15) is 26.4 Å². The van der Waals surface area contributed by atoms with Gasteiger partial charge in [-0.05, 0) is 42.5 Å². The monoisotopic (exact) mass is 476 g/mol. The molecule has 1 aromatic carbocycles. The Morgan fingerprint density at radius 1 is 1.13 bits per heavy atom. The first-order valence-electron chi connectivity index (χ1n) is 9.81. The number of sulfonamides is 1. The SMILES string of the molecule is O=C(Cc1cccs1)Nc1cc(S(=O)(=O)N2CCCCCC2)ccc1OCC(F)(F)F. The number of amides is 1. The van der Waals surface area contributed by atoms with E-state index in [0.717, 1.165) is 42.7 Å². The van der Waals surface area contributed by atoms with E-state index >= 15 is 0 Å². The zero-order valence-corrected chi connectivity index (χ0v) is 18.3. The van der Waals surface area contributed by atoms with Gasteiger partial charge in [-0.25, -0.2) is 8.42 Å². The molecule has 3 rings (SSSR count). The lowest BCUT2D eigenvalue weighted by Gasteiger charge is -2.21. The van der Waals surface area contributed by atoms with Crippen LogP contribution in [-0.4, -0.2) is 44.5 Å². The molecule has 0 bridgehead atoms. The van der Waals surface area contributed by atoms with Gasteiger partial charge in [-0.3, -0.25) is 4.79 Å². The van der Waals surface area contributed by atoms with Crippen LogP contribution in [0.5, 0.6) is 5.75 Å². The highest BCUT2D eigenvalue weighted by atomic mass is 32.2. The number of nitrogens with zero attached hydrogens (tertiary/aromatic N) is 1. The third-order valence-corrected chi connectivity index (χ3v) is 7.51. The fourth-order valence-electron chi connectivity index (χ4n) is 3.25. The smallest absolute Gasteiger partial charge is 0.422 e. The predicted molar refractivity (Wildman–Crippen MR) is 112 cm³/mol. The standard InChI is InChI=1S/C20H23F3N2O4S2/c21-20(22,23)14-29-18-8-7-16(31(27,28)25-9-3-1-2-4-10-25)13-17(18)24-19(26)12-15-6-5-11-30-15/h5-8,11,13H,1-4,9-10,12,14H2,(H,24,26). The average molecular weight is 477 g/mol. The molecular formula is C20H23F3N2O4S2. The van der Waals surface area contributed by atoms with E-state index in [1.807, 2.05) is 0 Å². The number of carbonyl (C=O) groups is 1. The molecule has 1 fully saturated rings. The maximum atomic E-state index is 13.1. The molecule has 2 aromatic rings. The fraction of sp³-hybridized carbons (Fsp3) is 0.450. The van der Waals surface area contributed by atoms with E-state index < -0.39 is 28.7 Å². The van der Waals surface area contributed by atoms with Gasteiger partial charge >= 0.3 is 6.18 Å². The van der Waals surface area contributed by atoms with E-state index in [0.29, 0.717) is 13.1 Å². The summed E-state index contributed by atoms with van der Waals surface area (Å²) in [5, 5.41) is 4.31. The number of nitrogens with one attached hydrogen (secondary N) is 1. The van der Waals surface area contributed by atoms with Crippen molar-refractivity contribution in [1.82, 2.24) is 4.31 Å². The van der Waals surface area contributed by atoms with E-state index in [1.165, 1.54) is 21.7 Å². The van der Waals surface area contributed by atoms with Gasteiger partial charge < -0.3 is 10.1 Å². The Morgan fingerprint density at radius 2 is 1.84 bits per heavy atom. The van der Waals surface area contributed by atoms with Crippen molar-refractivity contribution in [2.75, 3.05) is 25.0 Å². The second-order valence-corrected chi connectivity index (χ2v) is 10.2. The highest BCUT2D eigenvalue weighted by molar-refractivity contribution is 7.89. The minimum atomic E-state index is -4.57. The molecule has 1 aliphatic heterocycles. The molecule has 0 radical (unpaired) electrons. The van der Waals surface area contributed by atoms with Crippen molar-refractivity contribution >= 4 is 33.0 Å². The number of hydrogen-bond acceptors (Lipinski definition) is 5. The molecule has 31 heavy (non-hydrogen) atoms. The summed E-state index contributed by atoms with van der Waals surface area (Å²) in [7, 11) is -3.85. The summed E-state index contributed by atoms with van der Waals surface area (Å²) in [5.74, 6) is -0.727. The molecule has 6 nitrogen and oxygen atoms in total. The van der Waals surface area contributed by atoms with Crippen LogP contribution in [-0.2, 0) is 21.2 Å². The fourth-order valence-corrected chi connectivity index (χ4v) is 5.50. The molecule has 1 amide bonds. The number of anilines is 1. The first-order chi connectivity index (χ1) is 14.6. The summed E-state index contributed by atoms with van der Waals surface area (Å²) in [6, 6.07) is 7.06. The molecule has 0 atom stereocenters. The van der Waals surface area contributed by atoms with Gasteiger partial charge in [0.25, 0.3) is 0 Å². The Morgan fingerprint density at radius 3 is 2.45 bits per heavy atom. The van der Waals surface area contributed by atoms with E-state index in [2.05, 4.69) is 5.32 Å². The lowest BCUT2D eigenvalue weighted by Crippen LogP contribution is -2.32. The summed E-state index contributed by atoms with van der Waals surface area (Å²) in [6.07, 6.45) is -1.18. The van der Waals surface area contributed by atoms with Crippen LogP contribution in [0, 0.1) is 0 Å². The minimum Gasteiger partial charge on any atom is -0.482 e. The third kappa shape index (κ3) is 6.68. The topological polar surface area (TPSA) is 75.7 Å². The molecular weight excluding hydrogens is 453 g/mol. The van der Waals surface area contributed by atoms with Crippen LogP contribution in [0.4, 0.5) is 18.9 Å². The number of ether oxygens (including phenoxy) is 1. The molecule has 0 saturated carbocycles. The van der Waals surface area contributed by atoms with Crippen LogP contribution >= 0.6 is 11.3 Å². The van der Waals surface area contributed by atoms with Crippen molar-refractivity contribution in [3.8, 4) is 5.75 Å². The van der Waals surface area contributed by atoms with Crippen LogP contribution in [0.25, 0.3) is 0 Å². The lowest BCUT2D eigenvalue weighted by molar-refractivity contribution is -0.153. The number of thiophene rings is 1. The Balaban J connectivity index is 1.87. The number of rotatable bonds is 7.